The number of amides is 1. The number of rotatable bonds is 5. The highest BCUT2D eigenvalue weighted by Crippen LogP contribution is 2.18. The second kappa shape index (κ2) is 5.97. The van der Waals surface area contributed by atoms with Gasteiger partial charge in [0, 0.05) is 6.54 Å². The topological polar surface area (TPSA) is 75.3 Å². The molecule has 0 saturated carbocycles. The zero-order valence-corrected chi connectivity index (χ0v) is 11.0. The van der Waals surface area contributed by atoms with Crippen LogP contribution in [0.3, 0.4) is 0 Å². The highest BCUT2D eigenvalue weighted by molar-refractivity contribution is 5.95. The SMILES string of the molecule is CCCC(C)(O)CNC(=O)c1cc(F)cc(N)c1F. The van der Waals surface area contributed by atoms with Crippen LogP contribution < -0.4 is 11.1 Å². The Morgan fingerprint density at radius 1 is 1.47 bits per heavy atom. The summed E-state index contributed by atoms with van der Waals surface area (Å²) in [6, 6.07) is 1.58. The molecule has 0 aliphatic carbocycles. The van der Waals surface area contributed by atoms with Gasteiger partial charge in [-0.1, -0.05) is 13.3 Å². The maximum Gasteiger partial charge on any atom is 0.254 e. The monoisotopic (exact) mass is 272 g/mol. The Morgan fingerprint density at radius 2 is 2.11 bits per heavy atom. The average molecular weight is 272 g/mol. The predicted octanol–water partition coefficient (Wildman–Crippen LogP) is 1.83. The number of halogens is 2. The Hall–Kier alpha value is -1.69. The lowest BCUT2D eigenvalue weighted by molar-refractivity contribution is 0.0468. The van der Waals surface area contributed by atoms with Crippen LogP contribution in [0.15, 0.2) is 12.1 Å². The maximum absolute atomic E-state index is 13.6. The van der Waals surface area contributed by atoms with Gasteiger partial charge in [0.15, 0.2) is 5.82 Å². The van der Waals surface area contributed by atoms with Gasteiger partial charge in [-0.25, -0.2) is 8.78 Å². The number of anilines is 1. The van der Waals surface area contributed by atoms with Gasteiger partial charge in [-0.05, 0) is 25.5 Å². The van der Waals surface area contributed by atoms with Crippen LogP contribution >= 0.6 is 0 Å². The average Bonchev–Trinajstić information content (AvgIpc) is 2.31. The van der Waals surface area contributed by atoms with E-state index in [4.69, 9.17) is 5.73 Å². The first-order valence-electron chi connectivity index (χ1n) is 6.02. The van der Waals surface area contributed by atoms with Gasteiger partial charge in [0.05, 0.1) is 16.9 Å². The van der Waals surface area contributed by atoms with Crippen molar-refractivity contribution in [1.29, 1.82) is 0 Å². The van der Waals surface area contributed by atoms with Crippen LogP contribution in [0.5, 0.6) is 0 Å². The number of nitrogens with two attached hydrogens (primary N) is 1. The van der Waals surface area contributed by atoms with E-state index in [2.05, 4.69) is 5.32 Å². The highest BCUT2D eigenvalue weighted by Gasteiger charge is 2.22. The smallest absolute Gasteiger partial charge is 0.254 e. The molecule has 0 heterocycles. The third-order valence-electron chi connectivity index (χ3n) is 2.73. The van der Waals surface area contributed by atoms with Crippen LogP contribution in [0.25, 0.3) is 0 Å². The lowest BCUT2D eigenvalue weighted by Crippen LogP contribution is -2.40. The van der Waals surface area contributed by atoms with Crippen molar-refractivity contribution in [3.05, 3.63) is 29.3 Å². The molecule has 4 nitrogen and oxygen atoms in total. The molecule has 0 bridgehead atoms. The predicted molar refractivity (Wildman–Crippen MR) is 68.6 cm³/mol. The summed E-state index contributed by atoms with van der Waals surface area (Å²) in [6.45, 7) is 3.41. The molecule has 0 spiro atoms. The summed E-state index contributed by atoms with van der Waals surface area (Å²) < 4.78 is 26.7. The minimum Gasteiger partial charge on any atom is -0.396 e. The van der Waals surface area contributed by atoms with E-state index in [0.29, 0.717) is 6.42 Å². The minimum atomic E-state index is -1.08. The number of benzene rings is 1. The van der Waals surface area contributed by atoms with Crippen LogP contribution in [0.4, 0.5) is 14.5 Å². The van der Waals surface area contributed by atoms with E-state index in [1.165, 1.54) is 0 Å². The van der Waals surface area contributed by atoms with Gasteiger partial charge in [-0.2, -0.15) is 0 Å². The Bertz CT molecular complexity index is 476. The van der Waals surface area contributed by atoms with Crippen molar-refractivity contribution in [3.63, 3.8) is 0 Å². The largest absolute Gasteiger partial charge is 0.396 e. The number of nitrogens with one attached hydrogen (secondary N) is 1. The van der Waals surface area contributed by atoms with Gasteiger partial charge >= 0.3 is 0 Å². The molecular formula is C13H18F2N2O2. The van der Waals surface area contributed by atoms with Crippen molar-refractivity contribution >= 4 is 11.6 Å². The number of hydrogen-bond donors (Lipinski definition) is 3. The summed E-state index contributed by atoms with van der Waals surface area (Å²) in [5.41, 5.74) is 3.27. The highest BCUT2D eigenvalue weighted by atomic mass is 19.1. The molecule has 0 aliphatic heterocycles. The van der Waals surface area contributed by atoms with Crippen LogP contribution in [-0.2, 0) is 0 Å². The van der Waals surface area contributed by atoms with E-state index in [0.717, 1.165) is 18.6 Å². The Labute approximate surface area is 110 Å². The molecule has 19 heavy (non-hydrogen) atoms. The molecule has 0 aromatic heterocycles. The Morgan fingerprint density at radius 3 is 2.68 bits per heavy atom. The molecule has 0 saturated heterocycles. The Kier molecular flexibility index (Phi) is 4.83. The van der Waals surface area contributed by atoms with E-state index >= 15 is 0 Å². The van der Waals surface area contributed by atoms with Crippen LogP contribution in [0.2, 0.25) is 0 Å². The lowest BCUT2D eigenvalue weighted by atomic mass is 10.0. The molecule has 4 N–H and O–H groups in total. The van der Waals surface area contributed by atoms with Gasteiger partial charge < -0.3 is 16.2 Å². The van der Waals surface area contributed by atoms with Gasteiger partial charge in [0.25, 0.3) is 5.91 Å². The second-order valence-electron chi connectivity index (χ2n) is 4.79. The summed E-state index contributed by atoms with van der Waals surface area (Å²) in [5.74, 6) is -2.56. The molecule has 1 aromatic carbocycles. The summed E-state index contributed by atoms with van der Waals surface area (Å²) in [6.07, 6.45) is 1.23. The summed E-state index contributed by atoms with van der Waals surface area (Å²) in [7, 11) is 0. The number of carbonyl (C=O) groups excluding carboxylic acids is 1. The molecule has 106 valence electrons. The summed E-state index contributed by atoms with van der Waals surface area (Å²) >= 11 is 0. The lowest BCUT2D eigenvalue weighted by Gasteiger charge is -2.23. The first-order valence-corrected chi connectivity index (χ1v) is 6.02. The number of hydrogen-bond acceptors (Lipinski definition) is 3. The Balaban J connectivity index is 2.80. The van der Waals surface area contributed by atoms with E-state index in [1.54, 1.807) is 6.92 Å². The van der Waals surface area contributed by atoms with Crippen molar-refractivity contribution in [2.24, 2.45) is 0 Å². The van der Waals surface area contributed by atoms with E-state index < -0.39 is 34.4 Å². The van der Waals surface area contributed by atoms with Gasteiger partial charge in [0.1, 0.15) is 5.82 Å². The number of nitrogen functional groups attached to an aromatic ring is 1. The normalized spacial score (nSPS) is 13.9. The third kappa shape index (κ3) is 4.17. The van der Waals surface area contributed by atoms with Crippen LogP contribution in [-0.4, -0.2) is 23.2 Å². The molecule has 0 aliphatic rings. The molecule has 0 fully saturated rings. The van der Waals surface area contributed by atoms with Gasteiger partial charge in [-0.15, -0.1) is 0 Å². The fourth-order valence-corrected chi connectivity index (χ4v) is 1.77. The fraction of sp³-hybridized carbons (Fsp3) is 0.462. The minimum absolute atomic E-state index is 0.0461. The summed E-state index contributed by atoms with van der Waals surface area (Å²) in [4.78, 5) is 11.7. The molecule has 1 aromatic rings. The molecule has 0 radical (unpaired) electrons. The maximum atomic E-state index is 13.6. The number of aliphatic hydroxyl groups is 1. The third-order valence-corrected chi connectivity index (χ3v) is 2.73. The molecule has 1 unspecified atom stereocenters. The van der Waals surface area contributed by atoms with Crippen molar-refractivity contribution in [2.75, 3.05) is 12.3 Å². The molecule has 1 atom stereocenters. The fourth-order valence-electron chi connectivity index (χ4n) is 1.77. The van der Waals surface area contributed by atoms with E-state index in [1.807, 2.05) is 6.92 Å². The first kappa shape index (κ1) is 15.4. The zero-order chi connectivity index (χ0) is 14.6. The molecule has 1 rings (SSSR count). The van der Waals surface area contributed by atoms with Crippen molar-refractivity contribution in [3.8, 4) is 0 Å². The summed E-state index contributed by atoms with van der Waals surface area (Å²) in [5, 5.41) is 12.2. The zero-order valence-electron chi connectivity index (χ0n) is 11.0. The van der Waals surface area contributed by atoms with Crippen molar-refractivity contribution in [1.82, 2.24) is 5.32 Å². The van der Waals surface area contributed by atoms with E-state index in [9.17, 15) is 18.7 Å². The van der Waals surface area contributed by atoms with Gasteiger partial charge in [-0.3, -0.25) is 4.79 Å². The molecular weight excluding hydrogens is 254 g/mol. The first-order chi connectivity index (χ1) is 8.76. The second-order valence-corrected chi connectivity index (χ2v) is 4.79. The molecule has 1 amide bonds. The quantitative estimate of drug-likeness (QED) is 0.716. The standard InChI is InChI=1S/C13H18F2N2O2/c1-3-4-13(2,19)7-17-12(18)9-5-8(14)6-10(16)11(9)15/h5-6,19H,3-4,7,16H2,1-2H3,(H,17,18). The van der Waals surface area contributed by atoms with E-state index in [-0.39, 0.29) is 6.54 Å². The van der Waals surface area contributed by atoms with Crippen LogP contribution in [0.1, 0.15) is 37.0 Å². The van der Waals surface area contributed by atoms with Crippen LogP contribution in [0, 0.1) is 11.6 Å². The van der Waals surface area contributed by atoms with Gasteiger partial charge in [0.2, 0.25) is 0 Å². The van der Waals surface area contributed by atoms with Crippen molar-refractivity contribution < 1.29 is 18.7 Å². The molecule has 6 heteroatoms. The van der Waals surface area contributed by atoms with Crippen molar-refractivity contribution in [2.45, 2.75) is 32.3 Å². The number of carbonyl (C=O) groups is 1.